The average Bonchev–Trinajstić information content (AvgIpc) is 3.40. The number of nitrogens with zero attached hydrogens (tertiary/aromatic N) is 3. The van der Waals surface area contributed by atoms with Crippen molar-refractivity contribution in [3.63, 3.8) is 0 Å². The summed E-state index contributed by atoms with van der Waals surface area (Å²) in [6.45, 7) is 8.24. The van der Waals surface area contributed by atoms with E-state index < -0.39 is 43.4 Å². The van der Waals surface area contributed by atoms with Gasteiger partial charge in [0.15, 0.2) is 0 Å². The van der Waals surface area contributed by atoms with Gasteiger partial charge in [-0.2, -0.15) is 0 Å². The highest BCUT2D eigenvalue weighted by molar-refractivity contribution is 5.87. The second-order valence-electron chi connectivity index (χ2n) is 12.2. The molecule has 0 unspecified atom stereocenters. The Balaban J connectivity index is 1.30. The molecule has 13 heteroatoms. The fourth-order valence-corrected chi connectivity index (χ4v) is 5.54. The average molecular weight is 618 g/mol. The van der Waals surface area contributed by atoms with E-state index in [0.717, 1.165) is 35.5 Å². The summed E-state index contributed by atoms with van der Waals surface area (Å²) in [5.74, 6) is 0.120. The van der Waals surface area contributed by atoms with E-state index in [0.29, 0.717) is 38.8 Å². The minimum atomic E-state index is -1.55. The molecule has 0 bridgehead atoms. The molecule has 2 fully saturated rings. The lowest BCUT2D eigenvalue weighted by Crippen LogP contribution is -2.60. The molecule has 44 heavy (non-hydrogen) atoms. The largest absolute Gasteiger partial charge is 0.443 e. The molecule has 244 valence electrons. The van der Waals surface area contributed by atoms with Gasteiger partial charge in [-0.15, -0.1) is 5.10 Å². The number of aromatic nitrogens is 2. The fourth-order valence-electron chi connectivity index (χ4n) is 5.54. The monoisotopic (exact) mass is 617 g/mol. The molecule has 2 saturated heterocycles. The maximum atomic E-state index is 12.7. The van der Waals surface area contributed by atoms with Gasteiger partial charge in [0.05, 0.1) is 6.61 Å². The van der Waals surface area contributed by atoms with Crippen LogP contribution in [0, 0.1) is 0 Å². The number of ether oxygens (including phenoxy) is 2. The van der Waals surface area contributed by atoms with Crippen molar-refractivity contribution in [2.45, 2.75) is 89.1 Å². The van der Waals surface area contributed by atoms with Crippen LogP contribution in [-0.2, 0) is 27.2 Å². The van der Waals surface area contributed by atoms with E-state index in [2.05, 4.69) is 20.4 Å². The number of aliphatic hydroxyl groups is 4. The number of benzene rings is 1. The zero-order valence-corrected chi connectivity index (χ0v) is 26.0. The standard InChI is InChI=1S/C31H47N5O8/c1-18(2)25-22(29(34-33-25)44-31-28(41)27(40)26(39)23(17-37)43-31)16-21-10-8-20(9-11-21)6-5-7-24(38)32-19(3)30(42)36-14-12-35(4)13-15-36/h8-11,18-19,23,26-28,31,37,39-41H,5-7,12-17H2,1-4H3,(H,32,38)(H,33,34)/t19-,23+,26+,27-,28+,31-/m0/s1. The van der Waals surface area contributed by atoms with Gasteiger partial charge in [-0.3, -0.25) is 14.7 Å². The van der Waals surface area contributed by atoms with Crippen LogP contribution in [0.4, 0.5) is 0 Å². The van der Waals surface area contributed by atoms with Crippen LogP contribution in [0.15, 0.2) is 24.3 Å². The Hall–Kier alpha value is -3.07. The summed E-state index contributed by atoms with van der Waals surface area (Å²) in [6.07, 6.45) is -4.83. The number of aromatic amines is 1. The fraction of sp³-hybridized carbons (Fsp3) is 0.645. The van der Waals surface area contributed by atoms with Gasteiger partial charge in [0.1, 0.15) is 30.5 Å². The molecule has 0 radical (unpaired) electrons. The predicted octanol–water partition coefficient (Wildman–Crippen LogP) is -0.0960. The highest BCUT2D eigenvalue weighted by Crippen LogP contribution is 2.31. The first-order valence-electron chi connectivity index (χ1n) is 15.4. The van der Waals surface area contributed by atoms with Gasteiger partial charge < -0.3 is 45.0 Å². The summed E-state index contributed by atoms with van der Waals surface area (Å²) in [6, 6.07) is 7.49. The van der Waals surface area contributed by atoms with Crippen molar-refractivity contribution in [2.75, 3.05) is 39.8 Å². The third-order valence-corrected chi connectivity index (χ3v) is 8.35. The number of aliphatic hydroxyl groups excluding tert-OH is 4. The minimum absolute atomic E-state index is 0.0398. The molecular weight excluding hydrogens is 570 g/mol. The summed E-state index contributed by atoms with van der Waals surface area (Å²) in [5, 5.41) is 50.3. The Kier molecular flexibility index (Phi) is 11.7. The third kappa shape index (κ3) is 8.34. The smallest absolute Gasteiger partial charge is 0.244 e. The normalized spacial score (nSPS) is 25.2. The molecule has 1 aromatic carbocycles. The highest BCUT2D eigenvalue weighted by Gasteiger charge is 2.45. The Labute approximate surface area is 258 Å². The number of nitrogens with one attached hydrogen (secondary N) is 2. The number of aryl methyl sites for hydroxylation is 1. The van der Waals surface area contributed by atoms with Crippen molar-refractivity contribution in [3.05, 3.63) is 46.6 Å². The minimum Gasteiger partial charge on any atom is -0.443 e. The molecule has 1 aromatic heterocycles. The molecule has 4 rings (SSSR count). The van der Waals surface area contributed by atoms with Crippen molar-refractivity contribution < 1.29 is 39.5 Å². The second-order valence-corrected chi connectivity index (χ2v) is 12.2. The summed E-state index contributed by atoms with van der Waals surface area (Å²) < 4.78 is 11.4. The van der Waals surface area contributed by atoms with Gasteiger partial charge in [-0.25, -0.2) is 0 Å². The van der Waals surface area contributed by atoms with Crippen LogP contribution >= 0.6 is 0 Å². The Morgan fingerprint density at radius 3 is 2.34 bits per heavy atom. The van der Waals surface area contributed by atoms with Crippen LogP contribution in [-0.4, -0.2) is 129 Å². The molecule has 2 amide bonds. The van der Waals surface area contributed by atoms with E-state index in [1.165, 1.54) is 0 Å². The van der Waals surface area contributed by atoms with E-state index in [1.807, 2.05) is 50.1 Å². The molecule has 6 atom stereocenters. The zero-order chi connectivity index (χ0) is 32.0. The quantitative estimate of drug-likeness (QED) is 0.188. The number of hydrogen-bond donors (Lipinski definition) is 6. The summed E-state index contributed by atoms with van der Waals surface area (Å²) in [4.78, 5) is 29.1. The van der Waals surface area contributed by atoms with E-state index in [4.69, 9.17) is 9.47 Å². The van der Waals surface area contributed by atoms with Gasteiger partial charge in [-0.05, 0) is 43.9 Å². The maximum absolute atomic E-state index is 12.7. The first kappa shape index (κ1) is 33.8. The number of H-pyrrole nitrogens is 1. The summed E-state index contributed by atoms with van der Waals surface area (Å²) >= 11 is 0. The van der Waals surface area contributed by atoms with Crippen LogP contribution in [0.3, 0.4) is 0 Å². The highest BCUT2D eigenvalue weighted by atomic mass is 16.7. The van der Waals surface area contributed by atoms with E-state index in [1.54, 1.807) is 6.92 Å². The van der Waals surface area contributed by atoms with Crippen LogP contribution in [0.1, 0.15) is 61.9 Å². The second kappa shape index (κ2) is 15.3. The van der Waals surface area contributed by atoms with E-state index >= 15 is 0 Å². The van der Waals surface area contributed by atoms with Gasteiger partial charge in [0.25, 0.3) is 0 Å². The van der Waals surface area contributed by atoms with Gasteiger partial charge in [-0.1, -0.05) is 38.1 Å². The number of carbonyl (C=O) groups is 2. The van der Waals surface area contributed by atoms with Crippen LogP contribution in [0.5, 0.6) is 5.88 Å². The first-order chi connectivity index (χ1) is 21.0. The Bertz CT molecular complexity index is 1230. The number of likely N-dealkylation sites (N-methyl/N-ethyl adjacent to an activating group) is 1. The number of carbonyl (C=O) groups excluding carboxylic acids is 2. The molecule has 13 nitrogen and oxygen atoms in total. The van der Waals surface area contributed by atoms with Crippen molar-refractivity contribution in [1.29, 1.82) is 0 Å². The molecule has 0 spiro atoms. The molecule has 2 aromatic rings. The number of hydrogen-bond acceptors (Lipinski definition) is 10. The molecule has 0 saturated carbocycles. The molecule has 3 heterocycles. The van der Waals surface area contributed by atoms with Crippen LogP contribution in [0.25, 0.3) is 0 Å². The maximum Gasteiger partial charge on any atom is 0.244 e. The third-order valence-electron chi connectivity index (χ3n) is 8.35. The van der Waals surface area contributed by atoms with Crippen molar-refractivity contribution in [2.24, 2.45) is 0 Å². The summed E-state index contributed by atoms with van der Waals surface area (Å²) in [7, 11) is 2.03. The Morgan fingerprint density at radius 1 is 1.05 bits per heavy atom. The lowest BCUT2D eigenvalue weighted by atomic mass is 9.97. The SMILES string of the molecule is CC(C)c1[nH]nc(O[C@@H]2O[C@H](CO)[C@@H](O)[C@H](O)[C@H]2O)c1Cc1ccc(CCCC(=O)N[C@@H](C)C(=O)N2CCN(C)CC2)cc1. The Morgan fingerprint density at radius 2 is 1.70 bits per heavy atom. The molecule has 0 aliphatic carbocycles. The predicted molar refractivity (Wildman–Crippen MR) is 161 cm³/mol. The van der Waals surface area contributed by atoms with Gasteiger partial charge >= 0.3 is 0 Å². The molecular formula is C31H47N5O8. The first-order valence-corrected chi connectivity index (χ1v) is 15.4. The number of rotatable bonds is 12. The molecule has 2 aliphatic rings. The number of piperazine rings is 1. The van der Waals surface area contributed by atoms with E-state index in [9.17, 15) is 30.0 Å². The lowest BCUT2D eigenvalue weighted by molar-refractivity contribution is -0.278. The van der Waals surface area contributed by atoms with Crippen LogP contribution < -0.4 is 10.1 Å². The van der Waals surface area contributed by atoms with Crippen molar-refractivity contribution >= 4 is 11.8 Å². The zero-order valence-electron chi connectivity index (χ0n) is 26.0. The van der Waals surface area contributed by atoms with Crippen molar-refractivity contribution in [3.8, 4) is 5.88 Å². The van der Waals surface area contributed by atoms with Gasteiger partial charge in [0.2, 0.25) is 24.0 Å². The molecule has 2 aliphatic heterocycles. The van der Waals surface area contributed by atoms with E-state index in [-0.39, 0.29) is 23.6 Å². The topological polar surface area (TPSA) is 181 Å². The van der Waals surface area contributed by atoms with Crippen LogP contribution in [0.2, 0.25) is 0 Å². The lowest BCUT2D eigenvalue weighted by Gasteiger charge is -2.39. The van der Waals surface area contributed by atoms with Crippen molar-refractivity contribution in [1.82, 2.24) is 25.3 Å². The molecule has 6 N–H and O–H groups in total. The van der Waals surface area contributed by atoms with Gasteiger partial charge in [0, 0.05) is 50.3 Å². The summed E-state index contributed by atoms with van der Waals surface area (Å²) in [5.41, 5.74) is 3.68. The number of amides is 2.